The third-order valence-corrected chi connectivity index (χ3v) is 3.18. The quantitative estimate of drug-likeness (QED) is 0.697. The Morgan fingerprint density at radius 2 is 2.05 bits per heavy atom. The van der Waals surface area contributed by atoms with E-state index in [1.165, 1.54) is 12.1 Å². The van der Waals surface area contributed by atoms with E-state index in [1.54, 1.807) is 18.2 Å². The number of hydrogen-bond donors (Lipinski definition) is 1. The minimum atomic E-state index is -1.32. The summed E-state index contributed by atoms with van der Waals surface area (Å²) >= 11 is 3.32. The van der Waals surface area contributed by atoms with Gasteiger partial charge in [0.05, 0.1) is 0 Å². The number of nitrogens with zero attached hydrogens (tertiary/aromatic N) is 1. The molecule has 0 saturated carbocycles. The second-order valence-corrected chi connectivity index (χ2v) is 4.83. The number of carbonyl (C=O) groups is 1. The van der Waals surface area contributed by atoms with Crippen molar-refractivity contribution in [1.82, 2.24) is 4.98 Å². The van der Waals surface area contributed by atoms with Gasteiger partial charge in [-0.3, -0.25) is 4.79 Å². The van der Waals surface area contributed by atoms with Crippen LogP contribution in [0, 0.1) is 0 Å². The van der Waals surface area contributed by atoms with Crippen LogP contribution >= 0.6 is 15.9 Å². The van der Waals surface area contributed by atoms with Gasteiger partial charge in [0, 0.05) is 4.47 Å². The molecule has 1 N–H and O–H groups in total. The molecular weight excluding hydrogens is 314 g/mol. The third kappa shape index (κ3) is 1.90. The molecule has 0 spiro atoms. The molecule has 0 amide bonds. The van der Waals surface area contributed by atoms with Gasteiger partial charge in [0.1, 0.15) is 11.2 Å². The van der Waals surface area contributed by atoms with Crippen LogP contribution in [0.3, 0.4) is 0 Å². The van der Waals surface area contributed by atoms with Gasteiger partial charge in [0.25, 0.3) is 0 Å². The van der Waals surface area contributed by atoms with E-state index in [1.807, 2.05) is 0 Å². The van der Waals surface area contributed by atoms with Gasteiger partial charge in [0.15, 0.2) is 22.3 Å². The maximum absolute atomic E-state index is 11.6. The van der Waals surface area contributed by atoms with Crippen LogP contribution in [0.1, 0.15) is 10.4 Å². The Kier molecular flexibility index (Phi) is 2.60. The number of aromatic carboxylic acids is 1. The number of hydrogen-bond acceptors (Lipinski definition) is 4. The summed E-state index contributed by atoms with van der Waals surface area (Å²) in [5, 5.41) is 9.08. The molecule has 0 unspecified atom stereocenters. The van der Waals surface area contributed by atoms with Crippen molar-refractivity contribution in [2.24, 2.45) is 0 Å². The standard InChI is InChI=1S/C13H6BrNO4/c14-6-1-4-10-8(5-6)15-7-2-3-9(16)11(13(17)18)12(7)19-10/h1-5H,(H,17,18). The van der Waals surface area contributed by atoms with Crippen molar-refractivity contribution in [3.05, 3.63) is 50.6 Å². The van der Waals surface area contributed by atoms with Gasteiger partial charge in [-0.2, -0.15) is 0 Å². The van der Waals surface area contributed by atoms with E-state index in [-0.39, 0.29) is 5.76 Å². The van der Waals surface area contributed by atoms with E-state index in [2.05, 4.69) is 20.9 Å². The van der Waals surface area contributed by atoms with E-state index in [4.69, 9.17) is 9.52 Å². The molecule has 0 saturated heterocycles. The Bertz CT molecular complexity index is 840. The Balaban J connectivity index is 2.48. The average molecular weight is 320 g/mol. The van der Waals surface area contributed by atoms with E-state index < -0.39 is 17.0 Å². The topological polar surface area (TPSA) is 80.4 Å². The first-order valence-corrected chi connectivity index (χ1v) is 6.12. The highest BCUT2D eigenvalue weighted by molar-refractivity contribution is 9.10. The van der Waals surface area contributed by atoms with Gasteiger partial charge in [-0.15, -0.1) is 0 Å². The summed E-state index contributed by atoms with van der Waals surface area (Å²) in [4.78, 5) is 27.0. The van der Waals surface area contributed by atoms with Crippen molar-refractivity contribution >= 4 is 33.0 Å². The monoisotopic (exact) mass is 319 g/mol. The number of carboxylic acid groups (broad SMARTS) is 1. The molecule has 0 atom stereocenters. The molecule has 1 aliphatic carbocycles. The van der Waals surface area contributed by atoms with E-state index >= 15 is 0 Å². The van der Waals surface area contributed by atoms with Crippen LogP contribution in [-0.2, 0) is 0 Å². The second kappa shape index (κ2) is 4.17. The van der Waals surface area contributed by atoms with Crippen molar-refractivity contribution in [3.63, 3.8) is 0 Å². The van der Waals surface area contributed by atoms with Crippen LogP contribution in [0.25, 0.3) is 22.6 Å². The summed E-state index contributed by atoms with van der Waals surface area (Å²) in [7, 11) is 0. The lowest BCUT2D eigenvalue weighted by Gasteiger charge is -2.08. The molecule has 3 rings (SSSR count). The molecule has 94 valence electrons. The highest BCUT2D eigenvalue weighted by Gasteiger charge is 2.21. The lowest BCUT2D eigenvalue weighted by Crippen LogP contribution is -2.16. The summed E-state index contributed by atoms with van der Waals surface area (Å²) in [6, 6.07) is 7.80. The molecule has 0 radical (unpaired) electrons. The molecule has 6 heteroatoms. The van der Waals surface area contributed by atoms with Crippen LogP contribution in [0.5, 0.6) is 0 Å². The lowest BCUT2D eigenvalue weighted by atomic mass is 10.1. The Morgan fingerprint density at radius 3 is 2.79 bits per heavy atom. The first-order chi connectivity index (χ1) is 9.06. The zero-order valence-corrected chi connectivity index (χ0v) is 11.0. The zero-order valence-electron chi connectivity index (χ0n) is 9.38. The molecule has 19 heavy (non-hydrogen) atoms. The van der Waals surface area contributed by atoms with E-state index in [9.17, 15) is 9.59 Å². The fourth-order valence-corrected chi connectivity index (χ4v) is 2.20. The molecule has 0 aromatic heterocycles. The Morgan fingerprint density at radius 1 is 1.26 bits per heavy atom. The van der Waals surface area contributed by atoms with Crippen molar-refractivity contribution in [2.45, 2.75) is 0 Å². The number of aromatic nitrogens is 1. The first kappa shape index (κ1) is 11.9. The highest BCUT2D eigenvalue weighted by atomic mass is 79.9. The second-order valence-electron chi connectivity index (χ2n) is 3.92. The van der Waals surface area contributed by atoms with Gasteiger partial charge in [-0.25, -0.2) is 9.78 Å². The number of benzene rings is 2. The summed E-state index contributed by atoms with van der Waals surface area (Å²) < 4.78 is 6.34. The average Bonchev–Trinajstić information content (AvgIpc) is 2.36. The molecular formula is C13H6BrNO4. The van der Waals surface area contributed by atoms with Gasteiger partial charge in [-0.05, 0) is 30.3 Å². The van der Waals surface area contributed by atoms with Gasteiger partial charge in [-0.1, -0.05) is 15.9 Å². The van der Waals surface area contributed by atoms with Crippen molar-refractivity contribution in [3.8, 4) is 11.5 Å². The van der Waals surface area contributed by atoms with Gasteiger partial charge in [0.2, 0.25) is 0 Å². The predicted molar refractivity (Wildman–Crippen MR) is 71.6 cm³/mol. The van der Waals surface area contributed by atoms with E-state index in [0.29, 0.717) is 16.8 Å². The summed E-state index contributed by atoms with van der Waals surface area (Å²) in [6.45, 7) is 0. The van der Waals surface area contributed by atoms with Crippen molar-refractivity contribution < 1.29 is 14.3 Å². The maximum Gasteiger partial charge on any atom is 0.343 e. The first-order valence-electron chi connectivity index (χ1n) is 5.33. The molecule has 1 aliphatic heterocycles. The molecule has 5 nitrogen and oxygen atoms in total. The molecule has 2 aliphatic rings. The summed E-state index contributed by atoms with van der Waals surface area (Å²) in [5.41, 5.74) is 0.347. The van der Waals surface area contributed by atoms with Crippen molar-refractivity contribution in [1.29, 1.82) is 0 Å². The fraction of sp³-hybridized carbons (Fsp3) is 0. The number of halogens is 1. The summed E-state index contributed by atoms with van der Waals surface area (Å²) in [5.74, 6) is -1.33. The zero-order chi connectivity index (χ0) is 13.6. The molecule has 0 fully saturated rings. The van der Waals surface area contributed by atoms with Gasteiger partial charge < -0.3 is 9.52 Å². The SMILES string of the molecule is O=C(O)c1c2oc3ccc(Br)cc3nc-2ccc1=O. The van der Waals surface area contributed by atoms with Crippen LogP contribution in [0.15, 0.2) is 44.0 Å². The highest BCUT2D eigenvalue weighted by Crippen LogP contribution is 2.27. The van der Waals surface area contributed by atoms with Crippen molar-refractivity contribution in [2.75, 3.05) is 0 Å². The molecule has 1 aromatic carbocycles. The fourth-order valence-electron chi connectivity index (χ4n) is 1.85. The Hall–Kier alpha value is -2.21. The van der Waals surface area contributed by atoms with Crippen LogP contribution in [-0.4, -0.2) is 16.1 Å². The number of fused-ring (bicyclic) bond motifs is 2. The molecule has 1 heterocycles. The van der Waals surface area contributed by atoms with Crippen LogP contribution in [0.2, 0.25) is 0 Å². The summed E-state index contributed by atoms with van der Waals surface area (Å²) in [6.07, 6.45) is 0. The van der Waals surface area contributed by atoms with Gasteiger partial charge >= 0.3 is 5.97 Å². The number of carboxylic acids is 1. The molecule has 0 bridgehead atoms. The smallest absolute Gasteiger partial charge is 0.343 e. The minimum Gasteiger partial charge on any atom is -0.477 e. The maximum atomic E-state index is 11.6. The number of rotatable bonds is 1. The normalized spacial score (nSPS) is 11.0. The largest absolute Gasteiger partial charge is 0.477 e. The Labute approximate surface area is 115 Å². The van der Waals surface area contributed by atoms with Crippen LogP contribution in [0.4, 0.5) is 0 Å². The molecule has 1 aromatic rings. The predicted octanol–water partition coefficient (Wildman–Crippen LogP) is 2.75. The minimum absolute atomic E-state index is 0.00479. The van der Waals surface area contributed by atoms with Crippen LogP contribution < -0.4 is 5.43 Å². The third-order valence-electron chi connectivity index (χ3n) is 2.69. The van der Waals surface area contributed by atoms with E-state index in [0.717, 1.165) is 4.47 Å². The lowest BCUT2D eigenvalue weighted by molar-refractivity contribution is 0.0694.